The molecule has 0 aliphatic carbocycles. The molecule has 2 saturated heterocycles. The molecule has 4 N–H and O–H groups in total. The van der Waals surface area contributed by atoms with Gasteiger partial charge in [0.15, 0.2) is 5.12 Å². The molecule has 0 unspecified atom stereocenters. The van der Waals surface area contributed by atoms with Crippen LogP contribution in [0.3, 0.4) is 0 Å². The molecule has 240 valence electrons. The van der Waals surface area contributed by atoms with E-state index in [-0.39, 0.29) is 53.8 Å². The van der Waals surface area contributed by atoms with Gasteiger partial charge in [0, 0.05) is 61.2 Å². The maximum absolute atomic E-state index is 12.3. The summed E-state index contributed by atoms with van der Waals surface area (Å²) in [6.45, 7) is 8.46. The summed E-state index contributed by atoms with van der Waals surface area (Å²) >= 11 is 2.91. The molecule has 3 rings (SSSR count). The summed E-state index contributed by atoms with van der Waals surface area (Å²) in [5, 5.41) is 12.1. The number of rotatable bonds is 18. The lowest BCUT2D eigenvalue weighted by Crippen LogP contribution is -2.46. The maximum atomic E-state index is 12.3. The number of thioether (sulfide) groups is 2. The van der Waals surface area contributed by atoms with Crippen molar-refractivity contribution in [1.29, 1.82) is 0 Å². The van der Waals surface area contributed by atoms with Crippen LogP contribution in [0.2, 0.25) is 0 Å². The molecule has 6 amide bonds. The van der Waals surface area contributed by atoms with Gasteiger partial charge in [-0.3, -0.25) is 28.9 Å². The second kappa shape index (κ2) is 15.9. The zero-order chi connectivity index (χ0) is 31.6. The van der Waals surface area contributed by atoms with Crippen molar-refractivity contribution in [3.8, 4) is 0 Å². The highest BCUT2D eigenvalue weighted by Crippen LogP contribution is 2.33. The smallest absolute Gasteiger partial charge is 0.315 e. The Morgan fingerprint density at radius 3 is 2.47 bits per heavy atom. The van der Waals surface area contributed by atoms with Crippen LogP contribution in [0.5, 0.6) is 0 Å². The normalized spacial score (nSPS) is 21.5. The van der Waals surface area contributed by atoms with E-state index in [0.717, 1.165) is 41.7 Å². The molecule has 0 aromatic heterocycles. The standard InChI is InChI=1S/C29H45N5O7S2/c1-28(2,33-21(35)11-15-34-23(37)9-10-24(34)38)13-16-41-29(3,4)12-14-30-22(36)18-43-25(39)8-6-5-7-20-26-19(17-42-20)31-27(40)32-26/h9-10,19-20,26H,5-8,11-18H2,1-4H3,(H,30,36)(H,33,35)(H2,31,32,40)/t19-,20-,26-/m0/s1. The highest BCUT2D eigenvalue weighted by atomic mass is 32.2. The first-order chi connectivity index (χ1) is 20.2. The highest BCUT2D eigenvalue weighted by molar-refractivity contribution is 8.14. The van der Waals surface area contributed by atoms with Crippen molar-refractivity contribution in [2.45, 2.75) is 101 Å². The van der Waals surface area contributed by atoms with E-state index in [4.69, 9.17) is 4.74 Å². The van der Waals surface area contributed by atoms with E-state index in [0.29, 0.717) is 37.7 Å². The van der Waals surface area contributed by atoms with Crippen LogP contribution in [-0.2, 0) is 28.7 Å². The number of carbonyl (C=O) groups excluding carboxylic acids is 6. The van der Waals surface area contributed by atoms with E-state index < -0.39 is 23.0 Å². The summed E-state index contributed by atoms with van der Waals surface area (Å²) in [6, 6.07) is 0.298. The summed E-state index contributed by atoms with van der Waals surface area (Å²) in [5.74, 6) is -0.247. The van der Waals surface area contributed by atoms with Gasteiger partial charge in [-0.05, 0) is 53.4 Å². The summed E-state index contributed by atoms with van der Waals surface area (Å²) in [6.07, 6.45) is 6.61. The number of nitrogens with one attached hydrogen (secondary N) is 4. The average Bonchev–Trinajstić information content (AvgIpc) is 3.57. The zero-order valence-corrected chi connectivity index (χ0v) is 27.1. The van der Waals surface area contributed by atoms with Crippen LogP contribution in [0.25, 0.3) is 0 Å². The van der Waals surface area contributed by atoms with Crippen LogP contribution in [0.4, 0.5) is 4.79 Å². The molecule has 3 heterocycles. The lowest BCUT2D eigenvalue weighted by molar-refractivity contribution is -0.137. The Bertz CT molecular complexity index is 1080. The topological polar surface area (TPSA) is 163 Å². The predicted octanol–water partition coefficient (Wildman–Crippen LogP) is 1.87. The van der Waals surface area contributed by atoms with Gasteiger partial charge in [0.25, 0.3) is 11.8 Å². The molecule has 0 spiro atoms. The first kappa shape index (κ1) is 34.9. The number of hydrogen-bond donors (Lipinski definition) is 4. The number of fused-ring (bicyclic) bond motifs is 1. The van der Waals surface area contributed by atoms with Crippen LogP contribution in [0.15, 0.2) is 12.2 Å². The van der Waals surface area contributed by atoms with Crippen molar-refractivity contribution in [3.63, 3.8) is 0 Å². The fourth-order valence-corrected chi connectivity index (χ4v) is 7.28. The molecule has 2 fully saturated rings. The van der Waals surface area contributed by atoms with Crippen LogP contribution in [0.1, 0.15) is 72.6 Å². The largest absolute Gasteiger partial charge is 0.375 e. The number of ether oxygens (including phenoxy) is 1. The number of nitrogens with zero attached hydrogens (tertiary/aromatic N) is 1. The minimum absolute atomic E-state index is 0.0105. The molecule has 14 heteroatoms. The third-order valence-electron chi connectivity index (χ3n) is 7.63. The molecule has 3 atom stereocenters. The Morgan fingerprint density at radius 2 is 1.74 bits per heavy atom. The lowest BCUT2D eigenvalue weighted by Gasteiger charge is -2.30. The van der Waals surface area contributed by atoms with Crippen molar-refractivity contribution in [2.24, 2.45) is 0 Å². The number of urea groups is 1. The van der Waals surface area contributed by atoms with Crippen molar-refractivity contribution < 1.29 is 33.5 Å². The molecule has 3 aliphatic heterocycles. The molecule has 12 nitrogen and oxygen atoms in total. The zero-order valence-electron chi connectivity index (χ0n) is 25.5. The number of carbonyl (C=O) groups is 6. The van der Waals surface area contributed by atoms with Gasteiger partial charge in [-0.1, -0.05) is 18.2 Å². The molecule has 0 bridgehead atoms. The van der Waals surface area contributed by atoms with Gasteiger partial charge >= 0.3 is 6.03 Å². The monoisotopic (exact) mass is 639 g/mol. The minimum atomic E-state index is -0.550. The molecule has 0 aromatic carbocycles. The average molecular weight is 640 g/mol. The Hall–Kier alpha value is -2.58. The van der Waals surface area contributed by atoms with E-state index in [2.05, 4.69) is 21.3 Å². The van der Waals surface area contributed by atoms with E-state index in [1.165, 1.54) is 12.2 Å². The fraction of sp³-hybridized carbons (Fsp3) is 0.724. The SMILES string of the molecule is CC(C)(CCOC(C)(C)CCNC(=O)CSC(=O)CCCC[C@@H]1SC[C@@H]2NC(=O)N[C@@H]21)NC(=O)CCN1C(=O)C=CC1=O. The quantitative estimate of drug-likeness (QED) is 0.0996. The maximum Gasteiger partial charge on any atom is 0.315 e. The molecule has 3 aliphatic rings. The van der Waals surface area contributed by atoms with Crippen molar-refractivity contribution in [1.82, 2.24) is 26.2 Å². The van der Waals surface area contributed by atoms with Crippen LogP contribution < -0.4 is 21.3 Å². The van der Waals surface area contributed by atoms with Gasteiger partial charge in [-0.25, -0.2) is 4.79 Å². The lowest BCUT2D eigenvalue weighted by atomic mass is 10.00. The fourth-order valence-electron chi connectivity index (χ4n) is 5.05. The second-order valence-electron chi connectivity index (χ2n) is 12.3. The van der Waals surface area contributed by atoms with E-state index >= 15 is 0 Å². The summed E-state index contributed by atoms with van der Waals surface area (Å²) < 4.78 is 6.02. The highest BCUT2D eigenvalue weighted by Gasteiger charge is 2.42. The molecule has 43 heavy (non-hydrogen) atoms. The molecule has 0 radical (unpaired) electrons. The first-order valence-corrected chi connectivity index (χ1v) is 16.9. The predicted molar refractivity (Wildman–Crippen MR) is 166 cm³/mol. The number of amides is 6. The first-order valence-electron chi connectivity index (χ1n) is 14.8. The van der Waals surface area contributed by atoms with Gasteiger partial charge < -0.3 is 26.0 Å². The van der Waals surface area contributed by atoms with Crippen LogP contribution in [0, 0.1) is 0 Å². The molecular formula is C29H45N5O7S2. The third-order valence-corrected chi connectivity index (χ3v) is 10.1. The van der Waals surface area contributed by atoms with Gasteiger partial charge in [-0.2, -0.15) is 11.8 Å². The Kier molecular flexibility index (Phi) is 12.9. The summed E-state index contributed by atoms with van der Waals surface area (Å²) in [7, 11) is 0. The number of unbranched alkanes of at least 4 members (excludes halogenated alkanes) is 1. The van der Waals surface area contributed by atoms with Crippen LogP contribution >= 0.6 is 23.5 Å². The van der Waals surface area contributed by atoms with E-state index in [1.54, 1.807) is 0 Å². The third kappa shape index (κ3) is 11.8. The van der Waals surface area contributed by atoms with Gasteiger partial charge in [-0.15, -0.1) is 0 Å². The summed E-state index contributed by atoms with van der Waals surface area (Å²) in [4.78, 5) is 72.6. The minimum Gasteiger partial charge on any atom is -0.375 e. The Labute approximate surface area is 262 Å². The van der Waals surface area contributed by atoms with Gasteiger partial charge in [0.2, 0.25) is 11.8 Å². The number of imide groups is 1. The van der Waals surface area contributed by atoms with Crippen LogP contribution in [-0.4, -0.2) is 99.4 Å². The Balaban J connectivity index is 1.20. The van der Waals surface area contributed by atoms with Gasteiger partial charge in [0.1, 0.15) is 0 Å². The van der Waals surface area contributed by atoms with E-state index in [9.17, 15) is 28.8 Å². The van der Waals surface area contributed by atoms with Crippen molar-refractivity contribution in [3.05, 3.63) is 12.2 Å². The number of hydrogen-bond acceptors (Lipinski definition) is 9. The molecular weight excluding hydrogens is 594 g/mol. The Morgan fingerprint density at radius 1 is 1.02 bits per heavy atom. The van der Waals surface area contributed by atoms with E-state index in [1.807, 2.05) is 39.5 Å². The van der Waals surface area contributed by atoms with Gasteiger partial charge in [0.05, 0.1) is 23.4 Å². The van der Waals surface area contributed by atoms with Crippen molar-refractivity contribution in [2.75, 3.05) is 31.2 Å². The second-order valence-corrected chi connectivity index (χ2v) is 14.6. The van der Waals surface area contributed by atoms with Crippen molar-refractivity contribution >= 4 is 58.3 Å². The summed E-state index contributed by atoms with van der Waals surface area (Å²) in [5.41, 5.74) is -1.05. The molecule has 0 saturated carbocycles. The molecule has 0 aromatic rings.